The van der Waals surface area contributed by atoms with Crippen LogP contribution >= 0.6 is 0 Å². The second-order valence-corrected chi connectivity index (χ2v) is 4.91. The highest BCUT2D eigenvalue weighted by molar-refractivity contribution is 5.98. The van der Waals surface area contributed by atoms with Crippen LogP contribution in [0.15, 0.2) is 18.3 Å². The van der Waals surface area contributed by atoms with Crippen LogP contribution in [0, 0.1) is 0 Å². The van der Waals surface area contributed by atoms with Gasteiger partial charge in [0.1, 0.15) is 5.69 Å². The highest BCUT2D eigenvalue weighted by Gasteiger charge is 2.21. The predicted octanol–water partition coefficient (Wildman–Crippen LogP) is 1.80. The summed E-state index contributed by atoms with van der Waals surface area (Å²) in [4.78, 5) is 32.2. The Morgan fingerprint density at radius 3 is 2.50 bits per heavy atom. The van der Waals surface area contributed by atoms with Crippen LogP contribution < -0.4 is 0 Å². The van der Waals surface area contributed by atoms with E-state index in [2.05, 4.69) is 4.98 Å². The summed E-state index contributed by atoms with van der Waals surface area (Å²) >= 11 is 0. The summed E-state index contributed by atoms with van der Waals surface area (Å²) < 4.78 is 0. The Kier molecular flexibility index (Phi) is 4.71. The number of hydrogen-bond acceptors (Lipinski definition) is 3. The van der Waals surface area contributed by atoms with Crippen LogP contribution in [0.3, 0.4) is 0 Å². The largest absolute Gasteiger partial charge is 0.339 e. The van der Waals surface area contributed by atoms with Crippen molar-refractivity contribution in [2.75, 3.05) is 26.2 Å². The summed E-state index contributed by atoms with van der Waals surface area (Å²) in [5, 5.41) is 0. The maximum atomic E-state index is 12.3. The first-order valence-corrected chi connectivity index (χ1v) is 7.22. The van der Waals surface area contributed by atoms with Gasteiger partial charge in [-0.2, -0.15) is 0 Å². The van der Waals surface area contributed by atoms with Crippen LogP contribution in [-0.2, 0) is 0 Å². The van der Waals surface area contributed by atoms with Gasteiger partial charge in [-0.15, -0.1) is 0 Å². The SMILES string of the molecule is CCN(CC)C(=O)c1cc(C(=O)N2CCCC2)ccn1. The van der Waals surface area contributed by atoms with Crippen molar-refractivity contribution in [2.24, 2.45) is 0 Å². The van der Waals surface area contributed by atoms with Gasteiger partial charge in [-0.25, -0.2) is 0 Å². The number of hydrogen-bond donors (Lipinski definition) is 0. The molecule has 20 heavy (non-hydrogen) atoms. The van der Waals surface area contributed by atoms with Crippen LogP contribution in [0.4, 0.5) is 0 Å². The van der Waals surface area contributed by atoms with E-state index in [1.165, 1.54) is 0 Å². The first kappa shape index (κ1) is 14.5. The Bertz CT molecular complexity index is 462. The summed E-state index contributed by atoms with van der Waals surface area (Å²) in [6.07, 6.45) is 3.66. The normalized spacial score (nSPS) is 14.4. The van der Waals surface area contributed by atoms with E-state index in [0.717, 1.165) is 25.9 Å². The van der Waals surface area contributed by atoms with E-state index < -0.39 is 0 Å². The number of aromatic nitrogens is 1. The van der Waals surface area contributed by atoms with Gasteiger partial charge in [-0.05, 0) is 38.8 Å². The van der Waals surface area contributed by atoms with E-state index in [4.69, 9.17) is 0 Å². The van der Waals surface area contributed by atoms with Crippen molar-refractivity contribution in [1.29, 1.82) is 0 Å². The summed E-state index contributed by atoms with van der Waals surface area (Å²) in [5.74, 6) is -0.121. The molecule has 5 nitrogen and oxygen atoms in total. The zero-order valence-electron chi connectivity index (χ0n) is 12.1. The number of rotatable bonds is 4. The first-order valence-electron chi connectivity index (χ1n) is 7.22. The maximum Gasteiger partial charge on any atom is 0.272 e. The molecular formula is C15H21N3O2. The van der Waals surface area contributed by atoms with Crippen LogP contribution in [0.5, 0.6) is 0 Å². The average molecular weight is 275 g/mol. The lowest BCUT2D eigenvalue weighted by Gasteiger charge is -2.19. The molecule has 1 aromatic heterocycles. The highest BCUT2D eigenvalue weighted by atomic mass is 16.2. The minimum atomic E-state index is -0.119. The molecule has 1 fully saturated rings. The number of carbonyl (C=O) groups is 2. The number of carbonyl (C=O) groups excluding carboxylic acids is 2. The molecule has 1 aliphatic heterocycles. The minimum Gasteiger partial charge on any atom is -0.339 e. The maximum absolute atomic E-state index is 12.3. The number of likely N-dealkylation sites (tertiary alicyclic amines) is 1. The van der Waals surface area contributed by atoms with Crippen molar-refractivity contribution < 1.29 is 9.59 Å². The minimum absolute atomic E-state index is 0.00139. The predicted molar refractivity (Wildman–Crippen MR) is 76.6 cm³/mol. The molecule has 0 spiro atoms. The molecule has 1 aliphatic rings. The molecule has 1 saturated heterocycles. The lowest BCUT2D eigenvalue weighted by atomic mass is 10.2. The van der Waals surface area contributed by atoms with Gasteiger partial charge in [0.05, 0.1) is 0 Å². The molecule has 0 aromatic carbocycles. The van der Waals surface area contributed by atoms with Crippen molar-refractivity contribution in [2.45, 2.75) is 26.7 Å². The Hall–Kier alpha value is -1.91. The van der Waals surface area contributed by atoms with Crippen molar-refractivity contribution in [1.82, 2.24) is 14.8 Å². The fourth-order valence-electron chi connectivity index (χ4n) is 2.46. The van der Waals surface area contributed by atoms with Gasteiger partial charge in [0, 0.05) is 37.9 Å². The molecule has 2 rings (SSSR count). The molecule has 0 aliphatic carbocycles. The van der Waals surface area contributed by atoms with Gasteiger partial charge in [-0.3, -0.25) is 14.6 Å². The second kappa shape index (κ2) is 6.50. The lowest BCUT2D eigenvalue weighted by Crippen LogP contribution is -2.32. The Balaban J connectivity index is 2.19. The topological polar surface area (TPSA) is 53.5 Å². The van der Waals surface area contributed by atoms with Crippen LogP contribution in [-0.4, -0.2) is 52.8 Å². The third-order valence-electron chi connectivity index (χ3n) is 3.67. The van der Waals surface area contributed by atoms with Gasteiger partial charge in [0.25, 0.3) is 11.8 Å². The van der Waals surface area contributed by atoms with E-state index in [1.54, 1.807) is 23.2 Å². The fourth-order valence-corrected chi connectivity index (χ4v) is 2.46. The molecular weight excluding hydrogens is 254 g/mol. The van der Waals surface area contributed by atoms with Crippen molar-refractivity contribution in [3.05, 3.63) is 29.6 Å². The van der Waals surface area contributed by atoms with E-state index in [1.807, 2.05) is 18.7 Å². The van der Waals surface area contributed by atoms with Crippen LogP contribution in [0.2, 0.25) is 0 Å². The average Bonchev–Trinajstić information content (AvgIpc) is 3.02. The Morgan fingerprint density at radius 2 is 1.90 bits per heavy atom. The van der Waals surface area contributed by atoms with E-state index in [9.17, 15) is 9.59 Å². The third kappa shape index (κ3) is 2.98. The smallest absolute Gasteiger partial charge is 0.272 e. The quantitative estimate of drug-likeness (QED) is 0.842. The molecule has 0 saturated carbocycles. The summed E-state index contributed by atoms with van der Waals surface area (Å²) in [5.41, 5.74) is 0.899. The summed E-state index contributed by atoms with van der Waals surface area (Å²) in [7, 11) is 0. The third-order valence-corrected chi connectivity index (χ3v) is 3.67. The van der Waals surface area contributed by atoms with Crippen molar-refractivity contribution in [3.8, 4) is 0 Å². The van der Waals surface area contributed by atoms with E-state index in [0.29, 0.717) is 24.3 Å². The fraction of sp³-hybridized carbons (Fsp3) is 0.533. The monoisotopic (exact) mass is 275 g/mol. The molecule has 2 amide bonds. The number of amides is 2. The van der Waals surface area contributed by atoms with Gasteiger partial charge < -0.3 is 9.80 Å². The number of pyridine rings is 1. The number of nitrogens with zero attached hydrogens (tertiary/aromatic N) is 3. The zero-order chi connectivity index (χ0) is 14.5. The Morgan fingerprint density at radius 1 is 1.25 bits per heavy atom. The van der Waals surface area contributed by atoms with E-state index in [-0.39, 0.29) is 11.8 Å². The molecule has 0 bridgehead atoms. The summed E-state index contributed by atoms with van der Waals surface area (Å²) in [6.45, 7) is 6.75. The molecule has 0 radical (unpaired) electrons. The second-order valence-electron chi connectivity index (χ2n) is 4.91. The Labute approximate surface area is 119 Å². The first-order chi connectivity index (χ1) is 9.67. The van der Waals surface area contributed by atoms with Crippen molar-refractivity contribution >= 4 is 11.8 Å². The van der Waals surface area contributed by atoms with E-state index >= 15 is 0 Å². The standard InChI is InChI=1S/C15H21N3O2/c1-3-17(4-2)15(20)13-11-12(7-8-16-13)14(19)18-9-5-6-10-18/h7-8,11H,3-6,9-10H2,1-2H3. The molecule has 0 unspecified atom stereocenters. The van der Waals surface area contributed by atoms with Gasteiger partial charge in [0.15, 0.2) is 0 Å². The molecule has 5 heteroatoms. The molecule has 108 valence electrons. The van der Waals surface area contributed by atoms with Crippen LogP contribution in [0.1, 0.15) is 47.5 Å². The lowest BCUT2D eigenvalue weighted by molar-refractivity contribution is 0.0767. The van der Waals surface area contributed by atoms with Crippen molar-refractivity contribution in [3.63, 3.8) is 0 Å². The highest BCUT2D eigenvalue weighted by Crippen LogP contribution is 2.13. The molecule has 1 aromatic rings. The van der Waals surface area contributed by atoms with Gasteiger partial charge in [-0.1, -0.05) is 0 Å². The molecule has 2 heterocycles. The van der Waals surface area contributed by atoms with Crippen LogP contribution in [0.25, 0.3) is 0 Å². The zero-order valence-corrected chi connectivity index (χ0v) is 12.1. The van der Waals surface area contributed by atoms with Gasteiger partial charge in [0.2, 0.25) is 0 Å². The van der Waals surface area contributed by atoms with Gasteiger partial charge >= 0.3 is 0 Å². The summed E-state index contributed by atoms with van der Waals surface area (Å²) in [6, 6.07) is 3.29. The molecule has 0 N–H and O–H groups in total. The molecule has 0 atom stereocenters.